The fourth-order valence-corrected chi connectivity index (χ4v) is 2.72. The predicted octanol–water partition coefficient (Wildman–Crippen LogP) is 5.93. The van der Waals surface area contributed by atoms with Gasteiger partial charge in [0.1, 0.15) is 0 Å². The maximum absolute atomic E-state index is 14.3. The zero-order chi connectivity index (χ0) is 18.2. The summed E-state index contributed by atoms with van der Waals surface area (Å²) in [4.78, 5) is 10.9. The second-order valence-electron chi connectivity index (χ2n) is 6.31. The molecule has 2 aromatic rings. The minimum Gasteiger partial charge on any atom is -0.488 e. The van der Waals surface area contributed by atoms with Crippen LogP contribution in [-0.4, -0.2) is 17.2 Å². The molecule has 4 heteroatoms. The van der Waals surface area contributed by atoms with Gasteiger partial charge in [-0.2, -0.15) is 0 Å². The van der Waals surface area contributed by atoms with E-state index in [0.717, 1.165) is 18.4 Å². The molecule has 0 saturated heterocycles. The van der Waals surface area contributed by atoms with Gasteiger partial charge in [0.05, 0.1) is 11.7 Å². The number of aromatic carboxylic acids is 1. The van der Waals surface area contributed by atoms with E-state index in [1.807, 2.05) is 6.92 Å². The molecule has 0 spiro atoms. The van der Waals surface area contributed by atoms with Crippen molar-refractivity contribution in [3.63, 3.8) is 0 Å². The summed E-state index contributed by atoms with van der Waals surface area (Å²) >= 11 is 0. The lowest BCUT2D eigenvalue weighted by Crippen LogP contribution is -2.12. The summed E-state index contributed by atoms with van der Waals surface area (Å²) in [5, 5.41) is 8.93. The molecule has 25 heavy (non-hydrogen) atoms. The number of carboxylic acids is 1. The molecular weight excluding hydrogens is 319 g/mol. The summed E-state index contributed by atoms with van der Waals surface area (Å²) in [7, 11) is 0. The summed E-state index contributed by atoms with van der Waals surface area (Å²) in [5.41, 5.74) is 1.67. The zero-order valence-electron chi connectivity index (χ0n) is 14.8. The molecule has 0 aliphatic rings. The van der Waals surface area contributed by atoms with Gasteiger partial charge in [-0.05, 0) is 55.2 Å². The molecule has 1 N–H and O–H groups in total. The second kappa shape index (κ2) is 9.21. The number of rotatable bonds is 9. The number of unbranched alkanes of at least 4 members (excludes halogenated alkanes) is 3. The summed E-state index contributed by atoms with van der Waals surface area (Å²) in [6.07, 6.45) is 5.57. The summed E-state index contributed by atoms with van der Waals surface area (Å²) in [6.45, 7) is 4.13. The third kappa shape index (κ3) is 5.59. The Kier molecular flexibility index (Phi) is 6.99. The van der Waals surface area contributed by atoms with Crippen LogP contribution in [0.4, 0.5) is 4.39 Å². The van der Waals surface area contributed by atoms with Crippen LogP contribution in [0.25, 0.3) is 11.1 Å². The van der Waals surface area contributed by atoms with Gasteiger partial charge in [-0.3, -0.25) is 0 Å². The van der Waals surface area contributed by atoms with Crippen molar-refractivity contribution in [2.75, 3.05) is 0 Å². The molecule has 0 radical (unpaired) electrons. The van der Waals surface area contributed by atoms with Crippen molar-refractivity contribution in [3.05, 3.63) is 53.8 Å². The van der Waals surface area contributed by atoms with E-state index in [1.165, 1.54) is 37.5 Å². The molecule has 0 unspecified atom stereocenters. The normalized spacial score (nSPS) is 12.0. The molecule has 1 atom stereocenters. The second-order valence-corrected chi connectivity index (χ2v) is 6.31. The highest BCUT2D eigenvalue weighted by atomic mass is 19.1. The molecule has 0 saturated carbocycles. The lowest BCUT2D eigenvalue weighted by Gasteiger charge is -2.15. The quantitative estimate of drug-likeness (QED) is 0.574. The molecule has 0 amide bonds. The maximum atomic E-state index is 14.3. The fourth-order valence-electron chi connectivity index (χ4n) is 2.72. The summed E-state index contributed by atoms with van der Waals surface area (Å²) in [5.74, 6) is -1.12. The van der Waals surface area contributed by atoms with Crippen LogP contribution in [-0.2, 0) is 0 Å². The first kappa shape index (κ1) is 19.0. The smallest absolute Gasteiger partial charge is 0.335 e. The van der Waals surface area contributed by atoms with E-state index in [9.17, 15) is 9.18 Å². The lowest BCUT2D eigenvalue weighted by molar-refractivity contribution is 0.0697. The highest BCUT2D eigenvalue weighted by Crippen LogP contribution is 2.27. The van der Waals surface area contributed by atoms with E-state index in [1.54, 1.807) is 24.3 Å². The van der Waals surface area contributed by atoms with Gasteiger partial charge in [-0.25, -0.2) is 9.18 Å². The molecule has 2 rings (SSSR count). The van der Waals surface area contributed by atoms with Crippen molar-refractivity contribution in [3.8, 4) is 16.9 Å². The Morgan fingerprint density at radius 2 is 1.76 bits per heavy atom. The molecule has 0 aliphatic heterocycles. The lowest BCUT2D eigenvalue weighted by atomic mass is 10.0. The topological polar surface area (TPSA) is 46.5 Å². The van der Waals surface area contributed by atoms with Gasteiger partial charge in [0.15, 0.2) is 11.6 Å². The monoisotopic (exact) mass is 344 g/mol. The van der Waals surface area contributed by atoms with Crippen molar-refractivity contribution in [1.29, 1.82) is 0 Å². The van der Waals surface area contributed by atoms with Crippen LogP contribution < -0.4 is 4.74 Å². The van der Waals surface area contributed by atoms with Gasteiger partial charge in [0.25, 0.3) is 0 Å². The number of hydrogen-bond donors (Lipinski definition) is 1. The van der Waals surface area contributed by atoms with Crippen molar-refractivity contribution < 1.29 is 19.0 Å². The minimum absolute atomic E-state index is 0.0212. The van der Waals surface area contributed by atoms with Crippen LogP contribution in [0.1, 0.15) is 56.3 Å². The molecule has 0 heterocycles. The summed E-state index contributed by atoms with van der Waals surface area (Å²) in [6, 6.07) is 11.2. The van der Waals surface area contributed by atoms with Crippen LogP contribution in [0, 0.1) is 5.82 Å². The Hall–Kier alpha value is -2.36. The van der Waals surface area contributed by atoms with Crippen LogP contribution in [0.2, 0.25) is 0 Å². The molecule has 3 nitrogen and oxygen atoms in total. The van der Waals surface area contributed by atoms with Crippen molar-refractivity contribution in [1.82, 2.24) is 0 Å². The number of halogens is 1. The fraction of sp³-hybridized carbons (Fsp3) is 0.381. The Balaban J connectivity index is 2.01. The maximum Gasteiger partial charge on any atom is 0.335 e. The Morgan fingerprint density at radius 3 is 2.36 bits per heavy atom. The number of benzene rings is 2. The average Bonchev–Trinajstić information content (AvgIpc) is 2.60. The molecule has 0 aromatic heterocycles. The van der Waals surface area contributed by atoms with E-state index >= 15 is 0 Å². The van der Waals surface area contributed by atoms with E-state index in [4.69, 9.17) is 9.84 Å². The third-order valence-corrected chi connectivity index (χ3v) is 4.19. The molecular formula is C21H25FO3. The van der Waals surface area contributed by atoms with Gasteiger partial charge >= 0.3 is 5.97 Å². The van der Waals surface area contributed by atoms with Crippen LogP contribution in [0.15, 0.2) is 42.5 Å². The van der Waals surface area contributed by atoms with Crippen LogP contribution in [0.5, 0.6) is 5.75 Å². The number of ether oxygens (including phenoxy) is 1. The largest absolute Gasteiger partial charge is 0.488 e. The first-order valence-electron chi connectivity index (χ1n) is 8.81. The van der Waals surface area contributed by atoms with Crippen LogP contribution in [0.3, 0.4) is 0 Å². The highest BCUT2D eigenvalue weighted by Gasteiger charge is 2.11. The van der Waals surface area contributed by atoms with Crippen LogP contribution >= 0.6 is 0 Å². The SMILES string of the molecule is CCCCCC[C@H](C)Oc1ccc(-c2ccc(C(=O)O)cc2)cc1F. The van der Waals surface area contributed by atoms with E-state index < -0.39 is 11.8 Å². The van der Waals surface area contributed by atoms with Crippen molar-refractivity contribution in [2.45, 2.75) is 52.1 Å². The van der Waals surface area contributed by atoms with Gasteiger partial charge < -0.3 is 9.84 Å². The molecule has 0 fully saturated rings. The molecule has 2 aromatic carbocycles. The van der Waals surface area contributed by atoms with Crippen molar-refractivity contribution >= 4 is 5.97 Å². The van der Waals surface area contributed by atoms with Gasteiger partial charge in [-0.1, -0.05) is 44.4 Å². The molecule has 0 bridgehead atoms. The van der Waals surface area contributed by atoms with Crippen molar-refractivity contribution in [2.24, 2.45) is 0 Å². The number of hydrogen-bond acceptors (Lipinski definition) is 2. The number of carbonyl (C=O) groups is 1. The predicted molar refractivity (Wildman–Crippen MR) is 97.6 cm³/mol. The Labute approximate surface area is 148 Å². The minimum atomic E-state index is -0.977. The van der Waals surface area contributed by atoms with Gasteiger partial charge in [0.2, 0.25) is 0 Å². The first-order valence-corrected chi connectivity index (χ1v) is 8.81. The summed E-state index contributed by atoms with van der Waals surface area (Å²) < 4.78 is 20.0. The van der Waals surface area contributed by atoms with E-state index in [0.29, 0.717) is 5.56 Å². The molecule has 0 aliphatic carbocycles. The average molecular weight is 344 g/mol. The van der Waals surface area contributed by atoms with E-state index in [2.05, 4.69) is 6.92 Å². The highest BCUT2D eigenvalue weighted by molar-refractivity contribution is 5.88. The first-order chi connectivity index (χ1) is 12.0. The number of carboxylic acid groups (broad SMARTS) is 1. The Bertz CT molecular complexity index is 695. The molecule has 134 valence electrons. The third-order valence-electron chi connectivity index (χ3n) is 4.19. The Morgan fingerprint density at radius 1 is 1.08 bits per heavy atom. The van der Waals surface area contributed by atoms with Gasteiger partial charge in [-0.15, -0.1) is 0 Å². The van der Waals surface area contributed by atoms with E-state index in [-0.39, 0.29) is 17.4 Å². The van der Waals surface area contributed by atoms with Gasteiger partial charge in [0, 0.05) is 0 Å². The standard InChI is InChI=1S/C21H25FO3/c1-3-4-5-6-7-15(2)25-20-13-12-18(14-19(20)22)16-8-10-17(11-9-16)21(23)24/h8-15H,3-7H2,1-2H3,(H,23,24)/t15-/m0/s1. The zero-order valence-corrected chi connectivity index (χ0v) is 14.8.